The van der Waals surface area contributed by atoms with Crippen LogP contribution in [-0.2, 0) is 20.1 Å². The van der Waals surface area contributed by atoms with E-state index < -0.39 is 11.6 Å². The van der Waals surface area contributed by atoms with Gasteiger partial charge in [-0.15, -0.1) is 0 Å². The maximum absolute atomic E-state index is 13.3. The zero-order chi connectivity index (χ0) is 12.3. The van der Waals surface area contributed by atoms with Crippen molar-refractivity contribution in [2.24, 2.45) is 7.05 Å². The Morgan fingerprint density at radius 2 is 2.00 bits per heavy atom. The third kappa shape index (κ3) is 2.91. The fraction of sp³-hybridized carbons (Fsp3) is 0.231. The van der Waals surface area contributed by atoms with Gasteiger partial charge in [-0.3, -0.25) is 0 Å². The lowest BCUT2D eigenvalue weighted by molar-refractivity contribution is 0.557. The van der Waals surface area contributed by atoms with Crippen molar-refractivity contribution in [1.82, 2.24) is 9.88 Å². The second-order valence-corrected chi connectivity index (χ2v) is 3.95. The fourth-order valence-corrected chi connectivity index (χ4v) is 1.67. The first kappa shape index (κ1) is 11.8. The first-order valence-electron chi connectivity index (χ1n) is 5.41. The lowest BCUT2D eigenvalue weighted by Crippen LogP contribution is -2.15. The minimum absolute atomic E-state index is 0.386. The van der Waals surface area contributed by atoms with Crippen LogP contribution in [0.5, 0.6) is 0 Å². The molecular weight excluding hydrogens is 222 g/mol. The molecule has 17 heavy (non-hydrogen) atoms. The Labute approximate surface area is 98.9 Å². The van der Waals surface area contributed by atoms with Crippen molar-refractivity contribution >= 4 is 0 Å². The predicted molar refractivity (Wildman–Crippen MR) is 62.3 cm³/mol. The molecule has 0 saturated heterocycles. The molecule has 1 N–H and O–H groups in total. The zero-order valence-electron chi connectivity index (χ0n) is 9.58. The van der Waals surface area contributed by atoms with Gasteiger partial charge in [0.1, 0.15) is 11.6 Å². The van der Waals surface area contributed by atoms with E-state index >= 15 is 0 Å². The van der Waals surface area contributed by atoms with E-state index in [0.29, 0.717) is 18.7 Å². The second-order valence-electron chi connectivity index (χ2n) is 3.95. The van der Waals surface area contributed by atoms with Gasteiger partial charge in [-0.1, -0.05) is 6.07 Å². The van der Waals surface area contributed by atoms with Crippen molar-refractivity contribution in [3.63, 3.8) is 0 Å². The SMILES string of the molecule is Cn1cccc1CNCc1ccc(F)cc1F. The maximum atomic E-state index is 13.3. The standard InChI is InChI=1S/C13H14F2N2/c1-17-6-2-3-12(17)9-16-8-10-4-5-11(14)7-13(10)15/h2-7,16H,8-9H2,1H3. The molecule has 0 amide bonds. The monoisotopic (exact) mass is 236 g/mol. The van der Waals surface area contributed by atoms with E-state index in [1.54, 1.807) is 0 Å². The van der Waals surface area contributed by atoms with E-state index in [0.717, 1.165) is 11.8 Å². The van der Waals surface area contributed by atoms with Gasteiger partial charge in [-0.25, -0.2) is 8.78 Å². The van der Waals surface area contributed by atoms with E-state index in [2.05, 4.69) is 5.32 Å². The first-order chi connectivity index (χ1) is 8.16. The fourth-order valence-electron chi connectivity index (χ4n) is 1.67. The summed E-state index contributed by atoms with van der Waals surface area (Å²) < 4.78 is 28.0. The highest BCUT2D eigenvalue weighted by Crippen LogP contribution is 2.09. The Bertz CT molecular complexity index is 506. The molecule has 1 aromatic heterocycles. The Hall–Kier alpha value is -1.68. The molecule has 0 fully saturated rings. The summed E-state index contributed by atoms with van der Waals surface area (Å²) in [6.07, 6.45) is 1.95. The second kappa shape index (κ2) is 5.10. The minimum Gasteiger partial charge on any atom is -0.353 e. The van der Waals surface area contributed by atoms with Crippen molar-refractivity contribution in [2.75, 3.05) is 0 Å². The number of nitrogens with one attached hydrogen (secondary N) is 1. The smallest absolute Gasteiger partial charge is 0.130 e. The summed E-state index contributed by atoms with van der Waals surface area (Å²) >= 11 is 0. The van der Waals surface area contributed by atoms with Crippen molar-refractivity contribution < 1.29 is 8.78 Å². The van der Waals surface area contributed by atoms with Gasteiger partial charge in [-0.2, -0.15) is 0 Å². The molecule has 1 aromatic carbocycles. The lowest BCUT2D eigenvalue weighted by atomic mass is 10.2. The molecule has 1 heterocycles. The van der Waals surface area contributed by atoms with Crippen LogP contribution in [0.15, 0.2) is 36.5 Å². The van der Waals surface area contributed by atoms with Crippen molar-refractivity contribution in [2.45, 2.75) is 13.1 Å². The van der Waals surface area contributed by atoms with E-state index in [1.165, 1.54) is 12.1 Å². The summed E-state index contributed by atoms with van der Waals surface area (Å²) in [6, 6.07) is 7.58. The first-order valence-corrected chi connectivity index (χ1v) is 5.41. The number of aryl methyl sites for hydroxylation is 1. The number of halogens is 2. The molecule has 0 bridgehead atoms. The predicted octanol–water partition coefficient (Wildman–Crippen LogP) is 2.59. The summed E-state index contributed by atoms with van der Waals surface area (Å²) in [4.78, 5) is 0. The number of hydrogen-bond donors (Lipinski definition) is 1. The highest BCUT2D eigenvalue weighted by molar-refractivity contribution is 5.18. The average Bonchev–Trinajstić information content (AvgIpc) is 2.68. The van der Waals surface area contributed by atoms with Gasteiger partial charge in [0.2, 0.25) is 0 Å². The van der Waals surface area contributed by atoms with E-state index in [-0.39, 0.29) is 0 Å². The van der Waals surface area contributed by atoms with Crippen LogP contribution >= 0.6 is 0 Å². The molecule has 2 aromatic rings. The molecule has 0 unspecified atom stereocenters. The van der Waals surface area contributed by atoms with Crippen LogP contribution in [0.2, 0.25) is 0 Å². The zero-order valence-corrected chi connectivity index (χ0v) is 9.58. The van der Waals surface area contributed by atoms with E-state index in [1.807, 2.05) is 29.9 Å². The maximum Gasteiger partial charge on any atom is 0.130 e. The molecule has 0 aliphatic heterocycles. The molecule has 0 radical (unpaired) electrons. The Balaban J connectivity index is 1.92. The van der Waals surface area contributed by atoms with Gasteiger partial charge in [0, 0.05) is 43.7 Å². The largest absolute Gasteiger partial charge is 0.353 e. The van der Waals surface area contributed by atoms with Crippen LogP contribution in [0.25, 0.3) is 0 Å². The summed E-state index contributed by atoms with van der Waals surface area (Å²) in [5.74, 6) is -1.06. The summed E-state index contributed by atoms with van der Waals surface area (Å²) in [5, 5.41) is 3.12. The molecule has 0 aliphatic rings. The molecule has 0 saturated carbocycles. The van der Waals surface area contributed by atoms with Gasteiger partial charge in [0.25, 0.3) is 0 Å². The van der Waals surface area contributed by atoms with Crippen molar-refractivity contribution in [3.05, 3.63) is 59.4 Å². The Morgan fingerprint density at radius 3 is 2.65 bits per heavy atom. The molecule has 0 atom stereocenters. The number of rotatable bonds is 4. The number of benzene rings is 1. The topological polar surface area (TPSA) is 17.0 Å². The minimum atomic E-state index is -0.548. The summed E-state index contributed by atoms with van der Waals surface area (Å²) in [7, 11) is 1.95. The third-order valence-electron chi connectivity index (χ3n) is 2.69. The van der Waals surface area contributed by atoms with E-state index in [4.69, 9.17) is 0 Å². The summed E-state index contributed by atoms with van der Waals surface area (Å²) in [5.41, 5.74) is 1.59. The van der Waals surface area contributed by atoms with Gasteiger partial charge in [-0.05, 0) is 18.2 Å². The van der Waals surface area contributed by atoms with Crippen LogP contribution in [0.1, 0.15) is 11.3 Å². The van der Waals surface area contributed by atoms with Gasteiger partial charge < -0.3 is 9.88 Å². The highest BCUT2D eigenvalue weighted by Gasteiger charge is 2.03. The van der Waals surface area contributed by atoms with Gasteiger partial charge in [0.05, 0.1) is 0 Å². The quantitative estimate of drug-likeness (QED) is 0.863. The number of nitrogens with zero attached hydrogens (tertiary/aromatic N) is 1. The number of hydrogen-bond acceptors (Lipinski definition) is 1. The Kier molecular flexibility index (Phi) is 3.54. The molecule has 4 heteroatoms. The van der Waals surface area contributed by atoms with Crippen LogP contribution in [0.3, 0.4) is 0 Å². The van der Waals surface area contributed by atoms with Crippen molar-refractivity contribution in [3.8, 4) is 0 Å². The molecular formula is C13H14F2N2. The van der Waals surface area contributed by atoms with Crippen LogP contribution in [0.4, 0.5) is 8.78 Å². The molecule has 0 aliphatic carbocycles. The number of aromatic nitrogens is 1. The third-order valence-corrected chi connectivity index (χ3v) is 2.69. The van der Waals surface area contributed by atoms with Gasteiger partial charge in [0.15, 0.2) is 0 Å². The van der Waals surface area contributed by atoms with Crippen LogP contribution in [-0.4, -0.2) is 4.57 Å². The normalized spacial score (nSPS) is 10.8. The Morgan fingerprint density at radius 1 is 1.18 bits per heavy atom. The van der Waals surface area contributed by atoms with Crippen molar-refractivity contribution in [1.29, 1.82) is 0 Å². The summed E-state index contributed by atoms with van der Waals surface area (Å²) in [6.45, 7) is 1.04. The van der Waals surface area contributed by atoms with Crippen LogP contribution in [0, 0.1) is 11.6 Å². The van der Waals surface area contributed by atoms with Gasteiger partial charge >= 0.3 is 0 Å². The molecule has 90 valence electrons. The highest BCUT2D eigenvalue weighted by atomic mass is 19.1. The van der Waals surface area contributed by atoms with Crippen LogP contribution < -0.4 is 5.32 Å². The van der Waals surface area contributed by atoms with E-state index in [9.17, 15) is 8.78 Å². The average molecular weight is 236 g/mol. The molecule has 2 nitrogen and oxygen atoms in total. The molecule has 0 spiro atoms. The lowest BCUT2D eigenvalue weighted by Gasteiger charge is -2.07. The molecule has 2 rings (SSSR count).